The van der Waals surface area contributed by atoms with Gasteiger partial charge in [0.25, 0.3) is 5.91 Å². The SMILES string of the molecule is Cc1nc(C(=O)N2C3CCC(C3)C2CNC(=O)C(F)(F)F)c(-c2cccc(Cl)c2)s1. The van der Waals surface area contributed by atoms with Crippen molar-refractivity contribution in [3.8, 4) is 10.4 Å². The second kappa shape index (κ2) is 7.85. The van der Waals surface area contributed by atoms with Gasteiger partial charge in [-0.25, -0.2) is 4.98 Å². The van der Waals surface area contributed by atoms with E-state index in [0.717, 1.165) is 24.8 Å². The van der Waals surface area contributed by atoms with Crippen molar-refractivity contribution in [2.24, 2.45) is 5.92 Å². The highest BCUT2D eigenvalue weighted by atomic mass is 35.5. The predicted molar refractivity (Wildman–Crippen MR) is 107 cm³/mol. The van der Waals surface area contributed by atoms with Gasteiger partial charge in [-0.05, 0) is 49.8 Å². The molecule has 2 bridgehead atoms. The van der Waals surface area contributed by atoms with E-state index in [0.29, 0.717) is 14.9 Å². The van der Waals surface area contributed by atoms with Crippen molar-refractivity contribution >= 4 is 34.8 Å². The Kier molecular flexibility index (Phi) is 5.52. The number of amides is 2. The minimum absolute atomic E-state index is 0.0514. The summed E-state index contributed by atoms with van der Waals surface area (Å²) in [7, 11) is 0. The molecule has 1 N–H and O–H groups in total. The van der Waals surface area contributed by atoms with Crippen LogP contribution in [0.1, 0.15) is 34.8 Å². The molecule has 1 saturated heterocycles. The number of fused-ring (bicyclic) bond motifs is 2. The number of aryl methyl sites for hydroxylation is 1. The molecule has 10 heteroatoms. The van der Waals surface area contributed by atoms with Crippen LogP contribution in [0, 0.1) is 12.8 Å². The maximum absolute atomic E-state index is 13.5. The molecule has 4 rings (SSSR count). The van der Waals surface area contributed by atoms with E-state index in [1.54, 1.807) is 30.0 Å². The minimum Gasteiger partial charge on any atom is -0.346 e. The van der Waals surface area contributed by atoms with E-state index < -0.39 is 18.1 Å². The summed E-state index contributed by atoms with van der Waals surface area (Å²) >= 11 is 7.47. The Balaban J connectivity index is 1.61. The molecule has 0 spiro atoms. The molecule has 0 radical (unpaired) electrons. The highest BCUT2D eigenvalue weighted by Crippen LogP contribution is 2.44. The number of piperidine rings is 1. The number of hydrogen-bond acceptors (Lipinski definition) is 4. The molecule has 1 aromatic carbocycles. The largest absolute Gasteiger partial charge is 0.471 e. The van der Waals surface area contributed by atoms with Gasteiger partial charge in [0.05, 0.1) is 15.9 Å². The maximum atomic E-state index is 13.5. The van der Waals surface area contributed by atoms with Crippen LogP contribution < -0.4 is 5.32 Å². The number of halogens is 4. The fourth-order valence-corrected chi connectivity index (χ4v) is 5.59. The Morgan fingerprint density at radius 1 is 1.33 bits per heavy atom. The van der Waals surface area contributed by atoms with E-state index >= 15 is 0 Å². The zero-order valence-electron chi connectivity index (χ0n) is 16.0. The van der Waals surface area contributed by atoms with Crippen LogP contribution in [0.25, 0.3) is 10.4 Å². The summed E-state index contributed by atoms with van der Waals surface area (Å²) in [5.74, 6) is -2.23. The summed E-state index contributed by atoms with van der Waals surface area (Å²) in [6.07, 6.45) is -2.58. The van der Waals surface area contributed by atoms with Crippen molar-refractivity contribution in [1.29, 1.82) is 0 Å². The van der Waals surface area contributed by atoms with Gasteiger partial charge in [-0.1, -0.05) is 23.7 Å². The first-order chi connectivity index (χ1) is 14.1. The number of nitrogens with zero attached hydrogens (tertiary/aromatic N) is 2. The summed E-state index contributed by atoms with van der Waals surface area (Å²) in [5.41, 5.74) is 1.04. The summed E-state index contributed by atoms with van der Waals surface area (Å²) < 4.78 is 37.8. The quantitative estimate of drug-likeness (QED) is 0.738. The number of carbonyl (C=O) groups is 2. The van der Waals surface area contributed by atoms with Crippen LogP contribution in [0.3, 0.4) is 0 Å². The Labute approximate surface area is 180 Å². The fraction of sp³-hybridized carbons (Fsp3) is 0.450. The Hall–Kier alpha value is -2.13. The molecule has 1 aliphatic heterocycles. The third kappa shape index (κ3) is 3.92. The number of carbonyl (C=O) groups excluding carboxylic acids is 2. The molecule has 2 fully saturated rings. The molecule has 1 saturated carbocycles. The van der Waals surface area contributed by atoms with Crippen molar-refractivity contribution in [2.45, 2.75) is 44.4 Å². The number of hydrogen-bond donors (Lipinski definition) is 1. The molecule has 2 amide bonds. The number of likely N-dealkylation sites (tertiary alicyclic amines) is 1. The van der Waals surface area contributed by atoms with Crippen LogP contribution >= 0.6 is 22.9 Å². The molecule has 2 aromatic rings. The first-order valence-electron chi connectivity index (χ1n) is 9.56. The fourth-order valence-electron chi connectivity index (χ4n) is 4.49. The van der Waals surface area contributed by atoms with Gasteiger partial charge in [0, 0.05) is 17.6 Å². The molecule has 30 heavy (non-hydrogen) atoms. The van der Waals surface area contributed by atoms with Crippen LogP contribution in [-0.4, -0.2) is 46.5 Å². The zero-order valence-corrected chi connectivity index (χ0v) is 17.6. The summed E-state index contributed by atoms with van der Waals surface area (Å²) in [6, 6.07) is 6.59. The van der Waals surface area contributed by atoms with E-state index in [1.165, 1.54) is 11.3 Å². The van der Waals surface area contributed by atoms with E-state index in [9.17, 15) is 22.8 Å². The average molecular weight is 458 g/mol. The lowest BCUT2D eigenvalue weighted by atomic mass is 9.98. The molecular weight excluding hydrogens is 439 g/mol. The van der Waals surface area contributed by atoms with Gasteiger partial charge in [0.2, 0.25) is 0 Å². The minimum atomic E-state index is -4.95. The molecule has 2 heterocycles. The van der Waals surface area contributed by atoms with Gasteiger partial charge in [0.1, 0.15) is 5.69 Å². The molecule has 3 atom stereocenters. The summed E-state index contributed by atoms with van der Waals surface area (Å²) in [5, 5.41) is 3.19. The van der Waals surface area contributed by atoms with Crippen molar-refractivity contribution in [2.75, 3.05) is 6.54 Å². The Morgan fingerprint density at radius 3 is 2.80 bits per heavy atom. The van der Waals surface area contributed by atoms with E-state index in [2.05, 4.69) is 4.98 Å². The average Bonchev–Trinajstić information content (AvgIpc) is 3.38. The lowest BCUT2D eigenvalue weighted by Gasteiger charge is -2.35. The van der Waals surface area contributed by atoms with Crippen LogP contribution in [0.2, 0.25) is 5.02 Å². The normalized spacial score (nSPS) is 23.1. The van der Waals surface area contributed by atoms with E-state index in [-0.39, 0.29) is 30.1 Å². The van der Waals surface area contributed by atoms with Gasteiger partial charge in [-0.15, -0.1) is 11.3 Å². The van der Waals surface area contributed by atoms with E-state index in [4.69, 9.17) is 11.6 Å². The Bertz CT molecular complexity index is 994. The molecule has 1 aromatic heterocycles. The molecule has 160 valence electrons. The van der Waals surface area contributed by atoms with Crippen molar-refractivity contribution in [1.82, 2.24) is 15.2 Å². The standard InChI is InChI=1S/C20H19ClF3N3O2S/c1-10-26-16(17(30-10)12-3-2-4-13(21)7-12)18(28)27-14-6-5-11(8-14)15(27)9-25-19(29)20(22,23)24/h2-4,7,11,14-15H,5-6,8-9H2,1H3,(H,25,29). The van der Waals surface area contributed by atoms with Crippen LogP contribution in [0.4, 0.5) is 13.2 Å². The van der Waals surface area contributed by atoms with Crippen molar-refractivity contribution < 1.29 is 22.8 Å². The topological polar surface area (TPSA) is 62.3 Å². The lowest BCUT2D eigenvalue weighted by molar-refractivity contribution is -0.173. The monoisotopic (exact) mass is 457 g/mol. The van der Waals surface area contributed by atoms with Crippen LogP contribution in [0.15, 0.2) is 24.3 Å². The zero-order chi connectivity index (χ0) is 21.6. The molecule has 1 aliphatic carbocycles. The number of thiazole rings is 1. The number of benzene rings is 1. The van der Waals surface area contributed by atoms with Gasteiger partial charge >= 0.3 is 12.1 Å². The van der Waals surface area contributed by atoms with Gasteiger partial charge in [-0.3, -0.25) is 9.59 Å². The van der Waals surface area contributed by atoms with Crippen LogP contribution in [0.5, 0.6) is 0 Å². The predicted octanol–water partition coefficient (Wildman–Crippen LogP) is 4.44. The third-order valence-electron chi connectivity index (χ3n) is 5.73. The summed E-state index contributed by atoms with van der Waals surface area (Å²) in [4.78, 5) is 31.5. The molecule has 5 nitrogen and oxygen atoms in total. The van der Waals surface area contributed by atoms with Gasteiger partial charge in [0.15, 0.2) is 0 Å². The number of alkyl halides is 3. The Morgan fingerprint density at radius 2 is 2.10 bits per heavy atom. The number of rotatable bonds is 4. The van der Waals surface area contributed by atoms with Crippen molar-refractivity contribution in [3.63, 3.8) is 0 Å². The second-order valence-electron chi connectivity index (χ2n) is 7.64. The lowest BCUT2D eigenvalue weighted by Crippen LogP contribution is -2.52. The number of nitrogens with one attached hydrogen (secondary N) is 1. The highest BCUT2D eigenvalue weighted by molar-refractivity contribution is 7.15. The first-order valence-corrected chi connectivity index (χ1v) is 10.8. The molecule has 3 unspecified atom stereocenters. The second-order valence-corrected chi connectivity index (χ2v) is 9.28. The van der Waals surface area contributed by atoms with Crippen LogP contribution in [-0.2, 0) is 4.79 Å². The smallest absolute Gasteiger partial charge is 0.346 e. The summed E-state index contributed by atoms with van der Waals surface area (Å²) in [6.45, 7) is 1.58. The van der Waals surface area contributed by atoms with Gasteiger partial charge in [-0.2, -0.15) is 13.2 Å². The molecular formula is C20H19ClF3N3O2S. The number of aromatic nitrogens is 1. The maximum Gasteiger partial charge on any atom is 0.471 e. The van der Waals surface area contributed by atoms with Crippen molar-refractivity contribution in [3.05, 3.63) is 40.0 Å². The molecule has 2 aliphatic rings. The first kappa shape index (κ1) is 21.1. The van der Waals surface area contributed by atoms with E-state index in [1.807, 2.05) is 11.4 Å². The van der Waals surface area contributed by atoms with Gasteiger partial charge < -0.3 is 10.2 Å². The highest BCUT2D eigenvalue weighted by Gasteiger charge is 2.49. The third-order valence-corrected chi connectivity index (χ3v) is 6.98.